The summed E-state index contributed by atoms with van der Waals surface area (Å²) in [6.07, 6.45) is 1.67. The quantitative estimate of drug-likeness (QED) is 0.603. The maximum atomic E-state index is 12.7. The maximum Gasteiger partial charge on any atom is 0.354 e. The van der Waals surface area contributed by atoms with Crippen LogP contribution < -0.4 is 11.0 Å². The molecule has 0 saturated heterocycles. The smallest absolute Gasteiger partial charge is 0.324 e. The zero-order valence-electron chi connectivity index (χ0n) is 13.1. The third-order valence-electron chi connectivity index (χ3n) is 3.78. The molecule has 2 aromatic heterocycles. The van der Waals surface area contributed by atoms with Crippen LogP contribution in [0.1, 0.15) is 0 Å². The van der Waals surface area contributed by atoms with Crippen LogP contribution in [0, 0.1) is 0 Å². The van der Waals surface area contributed by atoms with Gasteiger partial charge in [0.2, 0.25) is 0 Å². The van der Waals surface area contributed by atoms with E-state index in [1.54, 1.807) is 22.9 Å². The van der Waals surface area contributed by atoms with Gasteiger partial charge in [-0.3, -0.25) is 4.57 Å². The van der Waals surface area contributed by atoms with Crippen molar-refractivity contribution in [1.82, 2.24) is 14.5 Å². The molecule has 0 aliphatic heterocycles. The van der Waals surface area contributed by atoms with Crippen molar-refractivity contribution in [2.45, 2.75) is 0 Å². The number of nitrogens with zero attached hydrogens (tertiary/aromatic N) is 3. The molecule has 0 aliphatic rings. The van der Waals surface area contributed by atoms with E-state index >= 15 is 0 Å². The summed E-state index contributed by atoms with van der Waals surface area (Å²) >= 11 is 6.17. The monoisotopic (exact) mass is 348 g/mol. The largest absolute Gasteiger partial charge is 0.354 e. The highest BCUT2D eigenvalue weighted by Crippen LogP contribution is 2.26. The lowest BCUT2D eigenvalue weighted by molar-refractivity contribution is 0.962. The van der Waals surface area contributed by atoms with Gasteiger partial charge in [-0.2, -0.15) is 4.98 Å². The Hall–Kier alpha value is -3.18. The first-order chi connectivity index (χ1) is 12.2. The van der Waals surface area contributed by atoms with Gasteiger partial charge in [0.15, 0.2) is 0 Å². The lowest BCUT2D eigenvalue weighted by atomic mass is 10.2. The van der Waals surface area contributed by atoms with Gasteiger partial charge in [-0.05, 0) is 42.5 Å². The zero-order chi connectivity index (χ0) is 17.2. The second-order valence-electron chi connectivity index (χ2n) is 5.42. The molecule has 0 saturated carbocycles. The number of pyridine rings is 1. The molecular formula is C19H13ClN4O. The Bertz CT molecular complexity index is 1090. The number of fused-ring (bicyclic) bond motifs is 1. The van der Waals surface area contributed by atoms with Crippen LogP contribution in [0.3, 0.4) is 0 Å². The van der Waals surface area contributed by atoms with Crippen LogP contribution in [-0.2, 0) is 0 Å². The molecule has 25 heavy (non-hydrogen) atoms. The van der Waals surface area contributed by atoms with E-state index in [1.807, 2.05) is 54.6 Å². The number of benzene rings is 2. The van der Waals surface area contributed by atoms with Crippen molar-refractivity contribution >= 4 is 34.1 Å². The number of hydrogen-bond donors (Lipinski definition) is 1. The SMILES string of the molecule is O=c1nc(Nc2ccccn2)c2ccc(Cl)cc2n1-c1ccccc1. The second kappa shape index (κ2) is 6.37. The molecule has 0 unspecified atom stereocenters. The number of halogens is 1. The summed E-state index contributed by atoms with van der Waals surface area (Å²) in [6, 6.07) is 20.2. The van der Waals surface area contributed by atoms with Crippen LogP contribution >= 0.6 is 11.6 Å². The number of nitrogens with one attached hydrogen (secondary N) is 1. The Morgan fingerprint density at radius 1 is 0.960 bits per heavy atom. The molecule has 0 spiro atoms. The minimum atomic E-state index is -0.389. The summed E-state index contributed by atoms with van der Waals surface area (Å²) in [7, 11) is 0. The highest BCUT2D eigenvalue weighted by atomic mass is 35.5. The van der Waals surface area contributed by atoms with Crippen LogP contribution in [0.5, 0.6) is 0 Å². The van der Waals surface area contributed by atoms with E-state index in [0.717, 1.165) is 11.1 Å². The first-order valence-corrected chi connectivity index (χ1v) is 8.06. The van der Waals surface area contributed by atoms with E-state index in [9.17, 15) is 4.79 Å². The molecule has 0 radical (unpaired) electrons. The summed E-state index contributed by atoms with van der Waals surface area (Å²) in [6.45, 7) is 0. The molecule has 0 aliphatic carbocycles. The van der Waals surface area contributed by atoms with E-state index in [1.165, 1.54) is 0 Å². The average Bonchev–Trinajstić information content (AvgIpc) is 2.63. The topological polar surface area (TPSA) is 59.8 Å². The lowest BCUT2D eigenvalue weighted by Gasteiger charge is -2.13. The van der Waals surface area contributed by atoms with Gasteiger partial charge in [-0.15, -0.1) is 0 Å². The van der Waals surface area contributed by atoms with Crippen LogP contribution in [0.15, 0.2) is 77.7 Å². The number of anilines is 2. The van der Waals surface area contributed by atoms with Gasteiger partial charge >= 0.3 is 5.69 Å². The highest BCUT2D eigenvalue weighted by molar-refractivity contribution is 6.31. The van der Waals surface area contributed by atoms with Crippen molar-refractivity contribution in [3.05, 3.63) is 88.4 Å². The molecule has 0 amide bonds. The minimum absolute atomic E-state index is 0.389. The normalized spacial score (nSPS) is 10.8. The Morgan fingerprint density at radius 3 is 2.52 bits per heavy atom. The van der Waals surface area contributed by atoms with E-state index in [2.05, 4.69) is 15.3 Å². The van der Waals surface area contributed by atoms with Crippen molar-refractivity contribution in [3.8, 4) is 5.69 Å². The molecule has 5 nitrogen and oxygen atoms in total. The van der Waals surface area contributed by atoms with E-state index < -0.39 is 0 Å². The number of aromatic nitrogens is 3. The van der Waals surface area contributed by atoms with Crippen molar-refractivity contribution in [2.75, 3.05) is 5.32 Å². The molecule has 0 atom stereocenters. The summed E-state index contributed by atoms with van der Waals surface area (Å²) in [4.78, 5) is 21.1. The number of rotatable bonds is 3. The highest BCUT2D eigenvalue weighted by Gasteiger charge is 2.13. The van der Waals surface area contributed by atoms with Crippen molar-refractivity contribution < 1.29 is 0 Å². The molecule has 122 valence electrons. The second-order valence-corrected chi connectivity index (χ2v) is 5.85. The molecule has 4 rings (SSSR count). The van der Waals surface area contributed by atoms with Gasteiger partial charge in [0.1, 0.15) is 11.6 Å². The fraction of sp³-hybridized carbons (Fsp3) is 0. The Balaban J connectivity index is 1.97. The third-order valence-corrected chi connectivity index (χ3v) is 4.02. The summed E-state index contributed by atoms with van der Waals surface area (Å²) in [5.74, 6) is 1.06. The third kappa shape index (κ3) is 2.97. The van der Waals surface area contributed by atoms with Gasteiger partial charge in [0, 0.05) is 16.6 Å². The lowest BCUT2D eigenvalue weighted by Crippen LogP contribution is -2.23. The summed E-state index contributed by atoms with van der Waals surface area (Å²) < 4.78 is 1.55. The van der Waals surface area contributed by atoms with Crippen molar-refractivity contribution in [2.24, 2.45) is 0 Å². The van der Waals surface area contributed by atoms with E-state index in [4.69, 9.17) is 11.6 Å². The Kier molecular flexibility index (Phi) is 3.91. The molecule has 0 fully saturated rings. The van der Waals surface area contributed by atoms with Gasteiger partial charge in [0.25, 0.3) is 0 Å². The molecule has 0 bridgehead atoms. The van der Waals surface area contributed by atoms with Gasteiger partial charge in [0.05, 0.1) is 11.2 Å². The predicted octanol–water partition coefficient (Wildman–Crippen LogP) is 4.18. The Labute approximate surface area is 148 Å². The predicted molar refractivity (Wildman–Crippen MR) is 99.9 cm³/mol. The van der Waals surface area contributed by atoms with Gasteiger partial charge in [-0.25, -0.2) is 9.78 Å². The van der Waals surface area contributed by atoms with Gasteiger partial charge < -0.3 is 5.32 Å². The van der Waals surface area contributed by atoms with E-state index in [-0.39, 0.29) is 5.69 Å². The molecule has 6 heteroatoms. The van der Waals surface area contributed by atoms with Crippen LogP contribution in [-0.4, -0.2) is 14.5 Å². The molecule has 2 aromatic carbocycles. The van der Waals surface area contributed by atoms with Crippen molar-refractivity contribution in [1.29, 1.82) is 0 Å². The van der Waals surface area contributed by atoms with Gasteiger partial charge in [-0.1, -0.05) is 35.9 Å². The van der Waals surface area contributed by atoms with Crippen LogP contribution in [0.4, 0.5) is 11.6 Å². The number of hydrogen-bond acceptors (Lipinski definition) is 4. The molecule has 2 heterocycles. The average molecular weight is 349 g/mol. The Morgan fingerprint density at radius 2 is 1.76 bits per heavy atom. The fourth-order valence-corrected chi connectivity index (χ4v) is 2.85. The summed E-state index contributed by atoms with van der Waals surface area (Å²) in [5, 5.41) is 4.43. The first-order valence-electron chi connectivity index (χ1n) is 7.68. The van der Waals surface area contributed by atoms with Crippen LogP contribution in [0.25, 0.3) is 16.6 Å². The zero-order valence-corrected chi connectivity index (χ0v) is 13.8. The maximum absolute atomic E-state index is 12.7. The van der Waals surface area contributed by atoms with Crippen LogP contribution in [0.2, 0.25) is 5.02 Å². The molecule has 1 N–H and O–H groups in total. The first kappa shape index (κ1) is 15.4. The standard InChI is InChI=1S/C19H13ClN4O/c20-13-9-10-15-16(12-13)24(14-6-2-1-3-7-14)19(25)23-18(15)22-17-8-4-5-11-21-17/h1-12H,(H,21,22,23,25). The minimum Gasteiger partial charge on any atom is -0.324 e. The van der Waals surface area contributed by atoms with Crippen molar-refractivity contribution in [3.63, 3.8) is 0 Å². The number of para-hydroxylation sites is 1. The molecule has 4 aromatic rings. The summed E-state index contributed by atoms with van der Waals surface area (Å²) in [5.41, 5.74) is 1.02. The molecular weight excluding hydrogens is 336 g/mol. The fourth-order valence-electron chi connectivity index (χ4n) is 2.68. The van der Waals surface area contributed by atoms with E-state index in [0.29, 0.717) is 22.2 Å².